The van der Waals surface area contributed by atoms with Gasteiger partial charge in [0.2, 0.25) is 29.5 Å². The summed E-state index contributed by atoms with van der Waals surface area (Å²) in [6.45, 7) is 8.61. The van der Waals surface area contributed by atoms with E-state index >= 15 is 0 Å². The molecular formula is C83H94N8O16. The molecule has 5 atom stereocenters. The quantitative estimate of drug-likeness (QED) is 0.0269. The van der Waals surface area contributed by atoms with E-state index in [0.717, 1.165) is 51.2 Å². The summed E-state index contributed by atoms with van der Waals surface area (Å²) in [5.74, 6) is 0.548. The summed E-state index contributed by atoms with van der Waals surface area (Å²) < 4.78 is 51.6. The molecule has 0 aromatic heterocycles. The van der Waals surface area contributed by atoms with Crippen LogP contribution in [-0.2, 0) is 49.5 Å². The Morgan fingerprint density at radius 2 is 1.19 bits per heavy atom. The smallest absolute Gasteiger partial charge is 0.260 e. The van der Waals surface area contributed by atoms with Crippen LogP contribution in [0.3, 0.4) is 0 Å². The molecule has 4 aliphatic heterocycles. The molecule has 0 saturated heterocycles. The number of amides is 6. The summed E-state index contributed by atoms with van der Waals surface area (Å²) in [6, 6.07) is 35.6. The number of hydrogen-bond donors (Lipinski definition) is 4. The molecule has 4 heterocycles. The Balaban J connectivity index is 0.540. The molecule has 4 N–H and O–H groups in total. The average Bonchev–Trinajstić information content (AvgIpc) is 1.68. The molecule has 1 unspecified atom stereocenters. The van der Waals surface area contributed by atoms with Gasteiger partial charge in [-0.3, -0.25) is 43.5 Å². The Morgan fingerprint density at radius 1 is 0.570 bits per heavy atom. The first-order valence-corrected chi connectivity index (χ1v) is 36.5. The highest BCUT2D eigenvalue weighted by molar-refractivity contribution is 6.06. The number of methoxy groups -OCH3 is 3. The van der Waals surface area contributed by atoms with Crippen LogP contribution in [0.1, 0.15) is 121 Å². The molecule has 0 bridgehead atoms. The maximum absolute atomic E-state index is 14.2. The van der Waals surface area contributed by atoms with Gasteiger partial charge in [0.25, 0.3) is 5.91 Å². The molecule has 6 amide bonds. The first-order valence-electron chi connectivity index (χ1n) is 36.5. The van der Waals surface area contributed by atoms with E-state index in [1.54, 1.807) is 87.4 Å². The minimum atomic E-state index is -0.946. The molecule has 1 aliphatic carbocycles. The van der Waals surface area contributed by atoms with Crippen molar-refractivity contribution in [1.82, 2.24) is 20.9 Å². The number of ketones is 1. The van der Waals surface area contributed by atoms with Crippen molar-refractivity contribution in [3.05, 3.63) is 173 Å². The topological polar surface area (TPSA) is 282 Å². The molecule has 24 nitrogen and oxygen atoms in total. The van der Waals surface area contributed by atoms with Crippen LogP contribution in [0.2, 0.25) is 0 Å². The lowest BCUT2D eigenvalue weighted by atomic mass is 9.91. The number of fused-ring (bicyclic) bond motifs is 6. The zero-order valence-electron chi connectivity index (χ0n) is 61.4. The third-order valence-electron chi connectivity index (χ3n) is 19.2. The fourth-order valence-corrected chi connectivity index (χ4v) is 13.3. The van der Waals surface area contributed by atoms with E-state index in [-0.39, 0.29) is 106 Å². The fraction of sp³-hybridized carbons (Fsp3) is 0.386. The molecule has 562 valence electrons. The minimum absolute atomic E-state index is 0.000114. The average molecular weight is 1460 g/mol. The molecule has 107 heavy (non-hydrogen) atoms. The monoisotopic (exact) mass is 1460 g/mol. The lowest BCUT2D eigenvalue weighted by Gasteiger charge is -2.27. The van der Waals surface area contributed by atoms with Crippen LogP contribution in [0, 0.1) is 17.8 Å². The van der Waals surface area contributed by atoms with Crippen molar-refractivity contribution in [2.75, 3.05) is 104 Å². The summed E-state index contributed by atoms with van der Waals surface area (Å²) >= 11 is 0. The van der Waals surface area contributed by atoms with Crippen LogP contribution < -0.4 is 49.9 Å². The van der Waals surface area contributed by atoms with Gasteiger partial charge in [0, 0.05) is 93.0 Å². The zero-order valence-corrected chi connectivity index (χ0v) is 61.4. The molecule has 11 rings (SSSR count). The van der Waals surface area contributed by atoms with E-state index in [0.29, 0.717) is 123 Å². The van der Waals surface area contributed by atoms with Gasteiger partial charge >= 0.3 is 0 Å². The number of rotatable bonds is 35. The van der Waals surface area contributed by atoms with Gasteiger partial charge in [-0.1, -0.05) is 98.8 Å². The first kappa shape index (κ1) is 77.3. The second-order valence-corrected chi connectivity index (χ2v) is 26.9. The number of anilines is 2. The van der Waals surface area contributed by atoms with Gasteiger partial charge in [-0.05, 0) is 113 Å². The van der Waals surface area contributed by atoms with Gasteiger partial charge in [0.15, 0.2) is 28.8 Å². The maximum Gasteiger partial charge on any atom is 0.260 e. The highest BCUT2D eigenvalue weighted by Crippen LogP contribution is 2.44. The van der Waals surface area contributed by atoms with Crippen molar-refractivity contribution in [3.63, 3.8) is 0 Å². The number of ether oxygens (including phenoxy) is 9. The summed E-state index contributed by atoms with van der Waals surface area (Å²) in [7, 11) is 4.71. The number of allylic oxidation sites excluding steroid dienone is 2. The van der Waals surface area contributed by atoms with Gasteiger partial charge in [0.05, 0.1) is 123 Å². The minimum Gasteiger partial charge on any atom is -0.497 e. The largest absolute Gasteiger partial charge is 0.497 e. The molecular weight excluding hydrogens is 1360 g/mol. The first-order chi connectivity index (χ1) is 52.0. The lowest BCUT2D eigenvalue weighted by Crippen LogP contribution is -2.53. The summed E-state index contributed by atoms with van der Waals surface area (Å²) in [5.41, 5.74) is 10.2. The lowest BCUT2D eigenvalue weighted by molar-refractivity contribution is -0.132. The van der Waals surface area contributed by atoms with Crippen LogP contribution in [0.25, 0.3) is 23.3 Å². The van der Waals surface area contributed by atoms with Gasteiger partial charge in [-0.25, -0.2) is 0 Å². The molecule has 0 radical (unpaired) electrons. The fourth-order valence-electron chi connectivity index (χ4n) is 13.3. The van der Waals surface area contributed by atoms with Crippen molar-refractivity contribution in [2.45, 2.75) is 96.8 Å². The Bertz CT molecular complexity index is 4320. The number of Topliss-reactive ketones (excluding diaryl/α,β-unsaturated/α-hetero) is 1. The number of para-hydroxylation sites is 1. The third-order valence-corrected chi connectivity index (χ3v) is 19.2. The Labute approximate surface area is 623 Å². The standard InChI is InChI=1S/C83H94N8O16/c1-53(2)80(89-78(94)30-34-102-36-38-104-40-41-105-39-37-103-35-31-84-77(93)28-29-79(95)91-51-60-14-8-7-12-55(60)16-17-58-13-9-10-15-71(58)91)82(97)87-54(3)81(96)88-64-23-18-57(19-24-64)63-44-65-50-86-70-48-76(74(101-6)46-68(70)83(98)90(65)52-63)107-33-11-32-106-75-47-69-67(45-73(75)100-5)72(92)27-22-59-42-61(43-62(59)49-85-69)56-20-25-66(99-4)26-21-56/h7-10,12-21,23-26,42,45-50,52-54,59,62,65,80H,11,22,27-41,43-44,51H2,1-6H3,(H,84,93)(H,87,97)(H,88,96)(H,89,94)/b17-16-,85-49-/t54-,59?,62-,65-,80-/m0/s1. The number of nitrogens with one attached hydrogen (secondary N) is 4. The van der Waals surface area contributed by atoms with Crippen LogP contribution in [0.15, 0.2) is 144 Å². The molecule has 0 saturated carbocycles. The van der Waals surface area contributed by atoms with Gasteiger partial charge in [0.1, 0.15) is 17.8 Å². The van der Waals surface area contributed by atoms with Crippen molar-refractivity contribution < 1.29 is 76.2 Å². The van der Waals surface area contributed by atoms with E-state index in [1.165, 1.54) is 12.7 Å². The molecule has 6 aromatic rings. The number of benzene rings is 6. The summed E-state index contributed by atoms with van der Waals surface area (Å²) in [5, 5.41) is 11.2. The third kappa shape index (κ3) is 20.6. The maximum atomic E-state index is 14.2. The SMILES string of the molecule is COc1ccc(C2=CC3CCC(=O)c4cc(OC)c(OCCCOc5cc6c(cc5OC)C(=O)N5C=C(c7ccc(NC(=O)[C@H](C)NC(=O)[C@@H](NC(=O)CCOCCOCCOCCOCCNC(=O)CCC(=O)N8Cc9ccccc9/C=C\c9ccccc98)C(C)C)cc7)C[C@H]5C=N6)cc4/N=C\[C@@H]3C2)cc1. The number of hydrogen-bond acceptors (Lipinski definition) is 18. The molecule has 0 spiro atoms. The van der Waals surface area contributed by atoms with Gasteiger partial charge in [-0.2, -0.15) is 0 Å². The highest BCUT2D eigenvalue weighted by atomic mass is 16.6. The predicted octanol–water partition coefficient (Wildman–Crippen LogP) is 11.6. The van der Waals surface area contributed by atoms with Crippen LogP contribution in [0.4, 0.5) is 22.7 Å². The number of aliphatic imine (C=N–C) groups is 2. The van der Waals surface area contributed by atoms with E-state index in [4.69, 9.17) is 52.6 Å². The van der Waals surface area contributed by atoms with Gasteiger partial charge in [-0.15, -0.1) is 0 Å². The molecule has 24 heteroatoms. The molecule has 5 aliphatic rings. The Hall–Kier alpha value is -10.8. The molecule has 6 aromatic carbocycles. The van der Waals surface area contributed by atoms with E-state index < -0.39 is 23.9 Å². The van der Waals surface area contributed by atoms with Crippen molar-refractivity contribution >= 4 is 99.7 Å². The van der Waals surface area contributed by atoms with E-state index in [9.17, 15) is 33.6 Å². The number of carbonyl (C=O) groups excluding carboxylic acids is 7. The molecule has 0 fully saturated rings. The Kier molecular flexibility index (Phi) is 27.4. The van der Waals surface area contributed by atoms with Gasteiger partial charge < -0.3 is 73.7 Å². The summed E-state index contributed by atoms with van der Waals surface area (Å²) in [4.78, 5) is 107. The highest BCUT2D eigenvalue weighted by Gasteiger charge is 2.35. The van der Waals surface area contributed by atoms with Crippen molar-refractivity contribution in [1.29, 1.82) is 0 Å². The van der Waals surface area contributed by atoms with Crippen LogP contribution in [-0.4, -0.2) is 171 Å². The van der Waals surface area contributed by atoms with Crippen molar-refractivity contribution in [3.8, 4) is 28.7 Å². The second-order valence-electron chi connectivity index (χ2n) is 26.9. The van der Waals surface area contributed by atoms with Crippen molar-refractivity contribution in [2.24, 2.45) is 27.7 Å². The zero-order chi connectivity index (χ0) is 75.2. The van der Waals surface area contributed by atoms with E-state index in [2.05, 4.69) is 45.6 Å². The predicted molar refractivity (Wildman–Crippen MR) is 409 cm³/mol. The summed E-state index contributed by atoms with van der Waals surface area (Å²) in [6.07, 6.45) is 14.9. The van der Waals surface area contributed by atoms with Crippen LogP contribution >= 0.6 is 0 Å². The number of carbonyl (C=O) groups is 7. The number of nitrogens with zero attached hydrogens (tertiary/aromatic N) is 4. The van der Waals surface area contributed by atoms with E-state index in [1.807, 2.05) is 91.3 Å². The Morgan fingerprint density at radius 3 is 1.88 bits per heavy atom. The second kappa shape index (κ2) is 38.0. The normalized spacial score (nSPS) is 17.4. The van der Waals surface area contributed by atoms with Crippen LogP contribution in [0.5, 0.6) is 28.7 Å².